The summed E-state index contributed by atoms with van der Waals surface area (Å²) in [6, 6.07) is 4.11. The van der Waals surface area contributed by atoms with E-state index in [0.717, 1.165) is 45.8 Å². The first-order valence-electron chi connectivity index (χ1n) is 23.3. The Labute approximate surface area is 435 Å². The Morgan fingerprint density at radius 1 is 0.690 bits per heavy atom. The Morgan fingerprint density at radius 3 is 1.46 bits per heavy atom. The van der Waals surface area contributed by atoms with Crippen LogP contribution in [0.15, 0.2) is 62.2 Å². The Hall–Kier alpha value is -5.56. The molecule has 1 aliphatic rings. The third-order valence-electron chi connectivity index (χ3n) is 8.93. The molecule has 4 N–H and O–H groups in total. The van der Waals surface area contributed by atoms with E-state index in [-0.39, 0.29) is 49.9 Å². The number of aliphatic imine (C=N–C) groups is 1. The smallest absolute Gasteiger partial charge is 0.240 e. The highest BCUT2D eigenvalue weighted by atomic mass is 32.1. The molecule has 0 bridgehead atoms. The van der Waals surface area contributed by atoms with Gasteiger partial charge in [-0.15, -0.1) is 0 Å². The Morgan fingerprint density at radius 2 is 1.25 bits per heavy atom. The van der Waals surface area contributed by atoms with Gasteiger partial charge >= 0.3 is 0 Å². The van der Waals surface area contributed by atoms with Crippen molar-refractivity contribution in [1.82, 2.24) is 49.6 Å². The molecular formula is C52H93N11O6S2. The molecule has 0 fully saturated rings. The number of hydroxylamine groups is 1. The van der Waals surface area contributed by atoms with Crippen molar-refractivity contribution in [2.75, 3.05) is 14.1 Å². The monoisotopic (exact) mass is 1030 g/mol. The molecule has 5 aromatic rings. The van der Waals surface area contributed by atoms with Crippen LogP contribution in [0.5, 0.6) is 0 Å². The molecule has 5 aromatic heterocycles. The highest BCUT2D eigenvalue weighted by Crippen LogP contribution is 2.19. The van der Waals surface area contributed by atoms with Crippen molar-refractivity contribution in [3.05, 3.63) is 104 Å². The first-order chi connectivity index (χ1) is 32.1. The maximum Gasteiger partial charge on any atom is 0.240 e. The van der Waals surface area contributed by atoms with Gasteiger partial charge in [0.15, 0.2) is 5.43 Å². The number of aryl methyl sites for hydroxylation is 4. The van der Waals surface area contributed by atoms with E-state index in [9.17, 15) is 14.4 Å². The van der Waals surface area contributed by atoms with Gasteiger partial charge in [0.2, 0.25) is 17.7 Å². The highest BCUT2D eigenvalue weighted by molar-refractivity contribution is 7.05. The second-order valence-electron chi connectivity index (χ2n) is 18.2. The van der Waals surface area contributed by atoms with Crippen LogP contribution in [0.1, 0.15) is 206 Å². The fourth-order valence-corrected chi connectivity index (χ4v) is 6.05. The quantitative estimate of drug-likeness (QED) is 0.113. The van der Waals surface area contributed by atoms with Gasteiger partial charge in [0.25, 0.3) is 0 Å². The van der Waals surface area contributed by atoms with E-state index in [0.29, 0.717) is 41.0 Å². The van der Waals surface area contributed by atoms with Crippen molar-refractivity contribution in [2.24, 2.45) is 22.7 Å². The van der Waals surface area contributed by atoms with Crippen molar-refractivity contribution >= 4 is 40.9 Å². The molecule has 19 heteroatoms. The molecule has 0 unspecified atom stereocenters. The molecule has 0 aromatic carbocycles. The van der Waals surface area contributed by atoms with Crippen LogP contribution in [0, 0.1) is 45.4 Å². The summed E-state index contributed by atoms with van der Waals surface area (Å²) in [7, 11) is 3.28. The molecular weight excluding hydrogens is 939 g/mol. The number of amides is 2. The van der Waals surface area contributed by atoms with Crippen LogP contribution in [-0.2, 0) is 14.4 Å². The third kappa shape index (κ3) is 32.1. The lowest BCUT2D eigenvalue weighted by Crippen LogP contribution is -2.22. The summed E-state index contributed by atoms with van der Waals surface area (Å²) in [5.41, 5.74) is 8.51. The van der Waals surface area contributed by atoms with Crippen molar-refractivity contribution in [1.29, 1.82) is 0 Å². The zero-order valence-electron chi connectivity index (χ0n) is 45.6. The fraction of sp³-hybridized carbons (Fsp3) is 0.615. The van der Waals surface area contributed by atoms with Crippen LogP contribution in [0.3, 0.4) is 0 Å². The molecule has 1 aliphatic heterocycles. The number of nitrogens with one attached hydrogen (secondary N) is 4. The Balaban J connectivity index is -0.000000361. The van der Waals surface area contributed by atoms with Gasteiger partial charge in [-0.25, -0.2) is 10.5 Å². The normalized spacial score (nSPS) is 10.8. The highest BCUT2D eigenvalue weighted by Gasteiger charge is 2.12. The van der Waals surface area contributed by atoms with Gasteiger partial charge in [-0.05, 0) is 69.6 Å². The van der Waals surface area contributed by atoms with E-state index in [4.69, 9.17) is 13.8 Å². The minimum Gasteiger partial charge on any atom is -0.472 e. The van der Waals surface area contributed by atoms with Gasteiger partial charge in [0.1, 0.15) is 23.7 Å². The molecule has 0 atom stereocenters. The molecule has 0 saturated heterocycles. The zero-order valence-corrected chi connectivity index (χ0v) is 47.2. The summed E-state index contributed by atoms with van der Waals surface area (Å²) in [5.74, 6) is 6.31. The van der Waals surface area contributed by atoms with Crippen molar-refractivity contribution in [3.63, 3.8) is 0 Å². The maximum atomic E-state index is 11.4. The number of amidine groups is 1. The number of nitrogens with zero attached hydrogens (tertiary/aromatic N) is 7. The predicted octanol–water partition coefficient (Wildman–Crippen LogP) is 12.7. The number of aromatic amines is 1. The van der Waals surface area contributed by atoms with Crippen molar-refractivity contribution < 1.29 is 23.4 Å². The van der Waals surface area contributed by atoms with Crippen LogP contribution >= 0.6 is 23.3 Å². The van der Waals surface area contributed by atoms with Gasteiger partial charge in [0.05, 0.1) is 47.0 Å². The summed E-state index contributed by atoms with van der Waals surface area (Å²) >= 11 is 2.90. The van der Waals surface area contributed by atoms with E-state index >= 15 is 0 Å². The van der Waals surface area contributed by atoms with Gasteiger partial charge in [-0.2, -0.15) is 23.2 Å². The summed E-state index contributed by atoms with van der Waals surface area (Å²) < 4.78 is 22.4. The lowest BCUT2D eigenvalue weighted by atomic mass is 10.0. The molecule has 0 aliphatic carbocycles. The van der Waals surface area contributed by atoms with Gasteiger partial charge in [-0.3, -0.25) is 19.5 Å². The summed E-state index contributed by atoms with van der Waals surface area (Å²) in [4.78, 5) is 46.2. The number of aromatic nitrogens is 7. The average molecular weight is 1030 g/mol. The zero-order chi connectivity index (χ0) is 53.6. The predicted molar refractivity (Wildman–Crippen MR) is 296 cm³/mol. The maximum absolute atomic E-state index is 11.4. The van der Waals surface area contributed by atoms with Crippen LogP contribution in [0.25, 0.3) is 0 Å². The van der Waals surface area contributed by atoms with E-state index in [1.807, 2.05) is 82.2 Å². The molecule has 6 rings (SSSR count). The van der Waals surface area contributed by atoms with Gasteiger partial charge in [0, 0.05) is 65.8 Å². The van der Waals surface area contributed by atoms with Crippen molar-refractivity contribution in [3.8, 4) is 0 Å². The topological polar surface area (TPSA) is 228 Å². The van der Waals surface area contributed by atoms with Gasteiger partial charge < -0.3 is 24.4 Å². The van der Waals surface area contributed by atoms with Crippen LogP contribution < -0.4 is 21.5 Å². The molecule has 0 spiro atoms. The molecule has 0 saturated carbocycles. The molecule has 6 heterocycles. The van der Waals surface area contributed by atoms with E-state index < -0.39 is 0 Å². The van der Waals surface area contributed by atoms with Crippen LogP contribution in [0.2, 0.25) is 0 Å². The van der Waals surface area contributed by atoms with E-state index in [1.165, 1.54) is 35.5 Å². The summed E-state index contributed by atoms with van der Waals surface area (Å²) in [6.45, 7) is 43.6. The SMILES string of the molecule is C.C.C=C1N=C(C(C)C)NO1.CC(C)c1ncn[nH]1.CNC(=O)C(C)C.CNC(=O)C(C)C.Cc1cc(C(C)C)on1.Cc1cc(C(C)C)sn1.Cc1cocc(C(C)C)c1=O.Cc1nsnc1C(C)C. The largest absolute Gasteiger partial charge is 0.472 e. The number of carbonyl (C=O) groups is 2. The van der Waals surface area contributed by atoms with Crippen molar-refractivity contribution in [2.45, 2.75) is 183 Å². The Bertz CT molecular complexity index is 2170. The minimum atomic E-state index is 0. The second-order valence-corrected chi connectivity index (χ2v) is 19.6. The minimum absolute atomic E-state index is 0. The van der Waals surface area contributed by atoms with E-state index in [1.54, 1.807) is 32.6 Å². The standard InChI is InChI=1S/C9H12O2.C7H11NO.C7H11NS.C6H10N2O.C6H10N2S.C5H9N3.2C5H11NO.2CH4/c1-6(2)8-5-11-4-7(3)9(8)10;2*1-5(2)7-4-6(3)8-9-7;1-4(2)6-7-5(3)9-8-6;1-4(2)6-5(3)7-9-8-6;1-4(2)5-6-3-7-8-5;2*1-4(2)5(7)6-3;;/h4-6H,1-3H3;2*4-5H,1-3H3;4H,3H2,1-2H3,(H,7,8);4H,1-3H3;3-4H,1-2H3,(H,6,7,8);2*4H,1-3H3,(H,6,7);2*1H4. The number of hydrogen-bond donors (Lipinski definition) is 4. The Kier molecular flexibility index (Phi) is 39.6. The van der Waals surface area contributed by atoms with E-state index in [2.05, 4.69) is 123 Å². The van der Waals surface area contributed by atoms with Crippen LogP contribution in [0.4, 0.5) is 0 Å². The van der Waals surface area contributed by atoms with Crippen LogP contribution in [-0.4, -0.2) is 65.2 Å². The van der Waals surface area contributed by atoms with Gasteiger partial charge in [-0.1, -0.05) is 131 Å². The lowest BCUT2D eigenvalue weighted by molar-refractivity contribution is -0.124. The third-order valence-corrected chi connectivity index (χ3v) is 10.7. The number of rotatable bonds is 8. The molecule has 17 nitrogen and oxygen atoms in total. The summed E-state index contributed by atoms with van der Waals surface area (Å²) in [5, 5.41) is 15.3. The average Bonchev–Trinajstić information content (AvgIpc) is 4.15. The first kappa shape index (κ1) is 72.0. The molecule has 71 heavy (non-hydrogen) atoms. The number of hydrogen-bond acceptors (Lipinski definition) is 16. The lowest BCUT2D eigenvalue weighted by Gasteiger charge is -2.02. The molecule has 2 amide bonds. The number of carbonyl (C=O) groups excluding carboxylic acids is 2. The fourth-order valence-electron chi connectivity index (χ4n) is 4.62. The summed E-state index contributed by atoms with van der Waals surface area (Å²) in [6.07, 6.45) is 4.53. The number of H-pyrrole nitrogens is 1. The molecule has 404 valence electrons. The first-order valence-corrected chi connectivity index (χ1v) is 24.8. The second kappa shape index (κ2) is 39.1. The molecule has 0 radical (unpaired) electrons.